The van der Waals surface area contributed by atoms with E-state index in [2.05, 4.69) is 15.4 Å². The molecule has 43 heavy (non-hydrogen) atoms. The van der Waals surface area contributed by atoms with Gasteiger partial charge in [-0.3, -0.25) is 19.3 Å². The summed E-state index contributed by atoms with van der Waals surface area (Å²) < 4.78 is 26.8. The predicted octanol–water partition coefficient (Wildman–Crippen LogP) is 4.82. The van der Waals surface area contributed by atoms with Crippen LogP contribution in [0, 0.1) is 11.7 Å². The first-order valence-electron chi connectivity index (χ1n) is 13.1. The van der Waals surface area contributed by atoms with Crippen LogP contribution in [0.2, 0.25) is 10.0 Å². The fraction of sp³-hybridized carbons (Fsp3) is 0.233. The molecule has 10 nitrogen and oxygen atoms in total. The van der Waals surface area contributed by atoms with Crippen molar-refractivity contribution in [3.63, 3.8) is 0 Å². The fourth-order valence-corrected chi connectivity index (χ4v) is 5.46. The minimum Gasteiger partial charge on any atom is -0.481 e. The molecule has 4 aromatic rings. The van der Waals surface area contributed by atoms with Crippen molar-refractivity contribution in [2.45, 2.75) is 6.54 Å². The zero-order chi connectivity index (χ0) is 30.8. The molecule has 0 atom stereocenters. The highest BCUT2D eigenvalue weighted by Gasteiger charge is 2.34. The Kier molecular flexibility index (Phi) is 8.77. The van der Waals surface area contributed by atoms with Gasteiger partial charge in [-0.05, 0) is 18.2 Å². The number of carbonyl (C=O) groups excluding carboxylic acids is 2. The van der Waals surface area contributed by atoms with Crippen LogP contribution in [0.3, 0.4) is 0 Å². The number of halogens is 3. The number of nitrogens with zero attached hydrogens (tertiary/aromatic N) is 4. The maximum Gasteiger partial charge on any atom is 0.311 e. The number of anilines is 1. The topological polar surface area (TPSA) is 116 Å². The maximum absolute atomic E-state index is 15.5. The number of nitrogens with one attached hydrogen (secondary N) is 1. The molecule has 2 aromatic carbocycles. The molecule has 13 heteroatoms. The van der Waals surface area contributed by atoms with E-state index in [0.29, 0.717) is 41.9 Å². The molecule has 1 saturated heterocycles. The summed E-state index contributed by atoms with van der Waals surface area (Å²) in [5, 5.41) is 6.84. The molecule has 1 fully saturated rings. The van der Waals surface area contributed by atoms with Gasteiger partial charge in [-0.25, -0.2) is 14.1 Å². The molecular formula is C30H26Cl2FN5O5. The fourth-order valence-electron chi connectivity index (χ4n) is 4.87. The van der Waals surface area contributed by atoms with Gasteiger partial charge in [-0.1, -0.05) is 53.5 Å². The molecule has 0 spiro atoms. The summed E-state index contributed by atoms with van der Waals surface area (Å²) >= 11 is 13.5. The number of benzene rings is 2. The average Bonchev–Trinajstić information content (AvgIpc) is 2.97. The minimum absolute atomic E-state index is 0.0161. The summed E-state index contributed by atoms with van der Waals surface area (Å²) in [6.07, 6.45) is 1.35. The van der Waals surface area contributed by atoms with E-state index in [1.165, 1.54) is 39.6 Å². The second-order valence-electron chi connectivity index (χ2n) is 9.86. The van der Waals surface area contributed by atoms with Crippen molar-refractivity contribution in [1.82, 2.24) is 19.7 Å². The standard InChI is InChI=1S/C30H26Cl2FN5O5/c1-37-29(40)21(10-11-34-37)27(39)35-23-9-5-7-19(25(23)32)18-6-4-8-20(24(18)31)26-22(33)12-16(28(36-26)42-2)13-38-14-17(15-38)30(41)43-3/h4-12,17H,13-15H2,1-3H3,(H,35,39). The number of hydrogen-bond donors (Lipinski definition) is 1. The van der Waals surface area contributed by atoms with Gasteiger partial charge in [-0.2, -0.15) is 5.10 Å². The molecule has 0 radical (unpaired) electrons. The van der Waals surface area contributed by atoms with Crippen LogP contribution in [0.5, 0.6) is 5.88 Å². The number of likely N-dealkylation sites (tertiary alicyclic amines) is 1. The maximum atomic E-state index is 15.5. The number of amides is 1. The number of pyridine rings is 1. The third-order valence-electron chi connectivity index (χ3n) is 7.14. The number of methoxy groups -OCH3 is 2. The van der Waals surface area contributed by atoms with Crippen LogP contribution in [-0.2, 0) is 23.1 Å². The van der Waals surface area contributed by atoms with Crippen molar-refractivity contribution in [2.24, 2.45) is 13.0 Å². The quantitative estimate of drug-likeness (QED) is 0.277. The van der Waals surface area contributed by atoms with E-state index < -0.39 is 17.3 Å². The zero-order valence-corrected chi connectivity index (χ0v) is 24.9. The van der Waals surface area contributed by atoms with Gasteiger partial charge in [0.1, 0.15) is 17.1 Å². The van der Waals surface area contributed by atoms with Gasteiger partial charge in [0.25, 0.3) is 11.5 Å². The Hall–Kier alpha value is -4.32. The van der Waals surface area contributed by atoms with Crippen LogP contribution in [0.15, 0.2) is 59.5 Å². The lowest BCUT2D eigenvalue weighted by Crippen LogP contribution is -2.50. The summed E-state index contributed by atoms with van der Waals surface area (Å²) in [5.74, 6) is -1.52. The highest BCUT2D eigenvalue weighted by Crippen LogP contribution is 2.42. The average molecular weight is 626 g/mol. The molecule has 1 amide bonds. The van der Waals surface area contributed by atoms with E-state index in [0.717, 1.165) is 4.68 Å². The van der Waals surface area contributed by atoms with Crippen LogP contribution in [0.25, 0.3) is 22.4 Å². The number of ether oxygens (including phenoxy) is 2. The molecule has 222 valence electrons. The van der Waals surface area contributed by atoms with E-state index in [-0.39, 0.29) is 44.8 Å². The van der Waals surface area contributed by atoms with Crippen LogP contribution < -0.4 is 15.6 Å². The van der Waals surface area contributed by atoms with Gasteiger partial charge in [0.15, 0.2) is 0 Å². The Balaban J connectivity index is 1.44. The summed E-state index contributed by atoms with van der Waals surface area (Å²) in [7, 11) is 4.24. The number of rotatable bonds is 8. The van der Waals surface area contributed by atoms with Crippen molar-refractivity contribution in [2.75, 3.05) is 32.6 Å². The van der Waals surface area contributed by atoms with Gasteiger partial charge in [-0.15, -0.1) is 0 Å². The van der Waals surface area contributed by atoms with Crippen LogP contribution in [0.4, 0.5) is 10.1 Å². The normalized spacial score (nSPS) is 13.3. The molecule has 0 aliphatic carbocycles. The lowest BCUT2D eigenvalue weighted by Gasteiger charge is -2.37. The van der Waals surface area contributed by atoms with Crippen molar-refractivity contribution in [3.8, 4) is 28.3 Å². The minimum atomic E-state index is -0.653. The van der Waals surface area contributed by atoms with Crippen molar-refractivity contribution in [1.29, 1.82) is 0 Å². The molecular weight excluding hydrogens is 600 g/mol. The molecule has 1 N–H and O–H groups in total. The van der Waals surface area contributed by atoms with E-state index in [1.54, 1.807) is 36.4 Å². The number of esters is 1. The van der Waals surface area contributed by atoms with Gasteiger partial charge >= 0.3 is 5.97 Å². The van der Waals surface area contributed by atoms with E-state index >= 15 is 4.39 Å². The Morgan fingerprint density at radius 2 is 1.72 bits per heavy atom. The molecule has 2 aromatic heterocycles. The second kappa shape index (κ2) is 12.5. The molecule has 0 bridgehead atoms. The number of carbonyl (C=O) groups is 2. The Morgan fingerprint density at radius 3 is 2.42 bits per heavy atom. The van der Waals surface area contributed by atoms with Crippen molar-refractivity contribution >= 4 is 40.8 Å². The molecule has 5 rings (SSSR count). The predicted molar refractivity (Wildman–Crippen MR) is 160 cm³/mol. The molecule has 3 heterocycles. The zero-order valence-electron chi connectivity index (χ0n) is 23.4. The molecule has 1 aliphatic heterocycles. The smallest absolute Gasteiger partial charge is 0.311 e. The first kappa shape index (κ1) is 30.1. The van der Waals surface area contributed by atoms with E-state index in [1.807, 2.05) is 4.90 Å². The summed E-state index contributed by atoms with van der Waals surface area (Å²) in [4.78, 5) is 43.3. The van der Waals surface area contributed by atoms with Gasteiger partial charge < -0.3 is 14.8 Å². The van der Waals surface area contributed by atoms with Crippen molar-refractivity contribution < 1.29 is 23.5 Å². The summed E-state index contributed by atoms with van der Waals surface area (Å²) in [6.45, 7) is 1.33. The molecule has 0 saturated carbocycles. The summed E-state index contributed by atoms with van der Waals surface area (Å²) in [5.41, 5.74) is 1.34. The lowest BCUT2D eigenvalue weighted by molar-refractivity contribution is -0.151. The van der Waals surface area contributed by atoms with Crippen LogP contribution in [0.1, 0.15) is 15.9 Å². The highest BCUT2D eigenvalue weighted by molar-refractivity contribution is 6.39. The number of aromatic nitrogens is 3. The Labute approximate surface area is 256 Å². The van der Waals surface area contributed by atoms with Crippen LogP contribution in [-0.4, -0.2) is 58.8 Å². The van der Waals surface area contributed by atoms with Gasteiger partial charge in [0, 0.05) is 55.1 Å². The van der Waals surface area contributed by atoms with Crippen molar-refractivity contribution in [3.05, 3.63) is 92.1 Å². The second-order valence-corrected chi connectivity index (χ2v) is 10.6. The molecule has 0 unspecified atom stereocenters. The lowest BCUT2D eigenvalue weighted by atomic mass is 9.98. The third kappa shape index (κ3) is 5.96. The largest absolute Gasteiger partial charge is 0.481 e. The van der Waals surface area contributed by atoms with E-state index in [4.69, 9.17) is 32.7 Å². The molecule has 1 aliphatic rings. The first-order chi connectivity index (χ1) is 20.6. The van der Waals surface area contributed by atoms with Crippen LogP contribution >= 0.6 is 23.2 Å². The number of hydrogen-bond acceptors (Lipinski definition) is 8. The SMILES string of the molecule is COC(=O)C1CN(Cc2cc(F)c(-c3cccc(-c4cccc(NC(=O)c5ccnn(C)c5=O)c4Cl)c3Cl)nc2OC)C1. The Morgan fingerprint density at radius 1 is 1.05 bits per heavy atom. The summed E-state index contributed by atoms with van der Waals surface area (Å²) in [6, 6.07) is 12.7. The van der Waals surface area contributed by atoms with E-state index in [9.17, 15) is 14.4 Å². The van der Waals surface area contributed by atoms with Gasteiger partial charge in [0.05, 0.1) is 35.9 Å². The Bertz CT molecular complexity index is 1790. The third-order valence-corrected chi connectivity index (χ3v) is 7.95. The highest BCUT2D eigenvalue weighted by atomic mass is 35.5. The monoisotopic (exact) mass is 625 g/mol. The number of aryl methyl sites for hydroxylation is 1. The first-order valence-corrected chi connectivity index (χ1v) is 13.8. The van der Waals surface area contributed by atoms with Gasteiger partial charge in [0.2, 0.25) is 5.88 Å².